The quantitative estimate of drug-likeness (QED) is 0.213. The summed E-state index contributed by atoms with van der Waals surface area (Å²) >= 11 is 0. The number of rotatable bonds is 13. The number of nitrogens with one attached hydrogen (secondary N) is 3. The first-order chi connectivity index (χ1) is 13.9. The van der Waals surface area contributed by atoms with Gasteiger partial charge in [0.15, 0.2) is 0 Å². The third-order valence-corrected chi connectivity index (χ3v) is 4.98. The highest BCUT2D eigenvalue weighted by Gasteiger charge is 2.12. The van der Waals surface area contributed by atoms with Crippen molar-refractivity contribution in [1.82, 2.24) is 16.0 Å². The molecule has 0 aliphatic carbocycles. The highest BCUT2D eigenvalue weighted by atomic mass is 16.1. The van der Waals surface area contributed by atoms with Gasteiger partial charge in [-0.25, -0.2) is 0 Å². The van der Waals surface area contributed by atoms with Crippen LogP contribution in [-0.2, 0) is 17.6 Å². The molecule has 1 aliphatic heterocycles. The Labute approximate surface area is 169 Å². The maximum Gasteiger partial charge on any atom is 0.207 e. The third-order valence-electron chi connectivity index (χ3n) is 4.98. The molecule has 152 valence electrons. The van der Waals surface area contributed by atoms with Crippen molar-refractivity contribution in [2.24, 2.45) is 10.9 Å². The Morgan fingerprint density at radius 3 is 2.43 bits per heavy atom. The van der Waals surface area contributed by atoms with Crippen molar-refractivity contribution < 1.29 is 4.79 Å². The zero-order chi connectivity index (χ0) is 19.7. The summed E-state index contributed by atoms with van der Waals surface area (Å²) in [5.74, 6) is 0.897. The molecule has 1 aromatic carbocycles. The van der Waals surface area contributed by atoms with Crippen molar-refractivity contribution in [3.05, 3.63) is 59.8 Å². The van der Waals surface area contributed by atoms with Crippen LogP contribution in [0.25, 0.3) is 0 Å². The minimum Gasteiger partial charge on any atom is -0.389 e. The fraction of sp³-hybridized carbons (Fsp3) is 0.478. The highest BCUT2D eigenvalue weighted by Crippen LogP contribution is 2.19. The first-order valence-corrected chi connectivity index (χ1v) is 10.4. The molecule has 0 radical (unpaired) electrons. The number of hydrogen-bond donors (Lipinski definition) is 3. The molecule has 5 nitrogen and oxygen atoms in total. The van der Waals surface area contributed by atoms with Crippen LogP contribution in [0.3, 0.4) is 0 Å². The Morgan fingerprint density at radius 2 is 1.68 bits per heavy atom. The van der Waals surface area contributed by atoms with Crippen LogP contribution >= 0.6 is 0 Å². The van der Waals surface area contributed by atoms with Crippen molar-refractivity contribution in [3.63, 3.8) is 0 Å². The average Bonchev–Trinajstić information content (AvgIpc) is 2.74. The Morgan fingerprint density at radius 1 is 0.964 bits per heavy atom. The molecule has 0 spiro atoms. The minimum absolute atomic E-state index is 0.623. The number of piperidine rings is 1. The third kappa shape index (κ3) is 10.1. The fourth-order valence-electron chi connectivity index (χ4n) is 3.27. The number of amides is 1. The van der Waals surface area contributed by atoms with Gasteiger partial charge in [-0.05, 0) is 80.6 Å². The standard InChI is InChI=1S/C23H34N4O/c28-20-27-19-18-25-14-3-1-2-13-24-15-10-22-7-4-21(5-8-22)6-9-23-11-16-26-17-12-23/h1-5,7-8,13-14,20,23,25-26H,6,9-12,15-19H2,(H,27,28)/b2-1-,14-3+,24-13?. The van der Waals surface area contributed by atoms with Crippen LogP contribution in [-0.4, -0.2) is 45.3 Å². The molecular weight excluding hydrogens is 348 g/mol. The number of carbonyl (C=O) groups is 1. The number of benzene rings is 1. The molecule has 0 bridgehead atoms. The summed E-state index contributed by atoms with van der Waals surface area (Å²) in [6.07, 6.45) is 16.3. The average molecular weight is 383 g/mol. The van der Waals surface area contributed by atoms with Crippen molar-refractivity contribution in [2.75, 3.05) is 32.7 Å². The molecule has 0 aromatic heterocycles. The monoisotopic (exact) mass is 382 g/mol. The van der Waals surface area contributed by atoms with Crippen LogP contribution in [0.15, 0.2) is 53.7 Å². The lowest BCUT2D eigenvalue weighted by Gasteiger charge is -2.22. The molecule has 1 saturated heterocycles. The van der Waals surface area contributed by atoms with Gasteiger partial charge in [0.2, 0.25) is 6.41 Å². The Balaban J connectivity index is 1.55. The molecule has 3 N–H and O–H groups in total. The van der Waals surface area contributed by atoms with Gasteiger partial charge in [0.05, 0.1) is 0 Å². The van der Waals surface area contributed by atoms with Crippen LogP contribution in [0.1, 0.15) is 30.4 Å². The molecule has 1 heterocycles. The summed E-state index contributed by atoms with van der Waals surface area (Å²) < 4.78 is 0. The second kappa shape index (κ2) is 14.6. The Kier molecular flexibility index (Phi) is 11.4. The predicted molar refractivity (Wildman–Crippen MR) is 118 cm³/mol. The Hall–Kier alpha value is -2.40. The van der Waals surface area contributed by atoms with E-state index in [4.69, 9.17) is 0 Å². The predicted octanol–water partition coefficient (Wildman–Crippen LogP) is 2.64. The molecule has 0 atom stereocenters. The SMILES string of the molecule is O=CNCCN/C=C/C=C\C=NCCc1ccc(CCC2CCNCC2)cc1. The van der Waals surface area contributed by atoms with E-state index in [2.05, 4.69) is 45.2 Å². The first-order valence-electron chi connectivity index (χ1n) is 10.4. The van der Waals surface area contributed by atoms with Crippen molar-refractivity contribution in [1.29, 1.82) is 0 Å². The van der Waals surface area contributed by atoms with E-state index in [-0.39, 0.29) is 0 Å². The van der Waals surface area contributed by atoms with E-state index in [0.717, 1.165) is 18.9 Å². The van der Waals surface area contributed by atoms with Gasteiger partial charge in [0, 0.05) is 25.8 Å². The van der Waals surface area contributed by atoms with E-state index < -0.39 is 0 Å². The number of carbonyl (C=O) groups excluding carboxylic acids is 1. The van der Waals surface area contributed by atoms with Gasteiger partial charge in [-0.3, -0.25) is 9.79 Å². The van der Waals surface area contributed by atoms with Crippen molar-refractivity contribution in [3.8, 4) is 0 Å². The van der Waals surface area contributed by atoms with Gasteiger partial charge in [-0.2, -0.15) is 0 Å². The van der Waals surface area contributed by atoms with Gasteiger partial charge in [0.25, 0.3) is 0 Å². The summed E-state index contributed by atoms with van der Waals surface area (Å²) in [5, 5.41) is 9.10. The largest absolute Gasteiger partial charge is 0.389 e. The second-order valence-electron chi connectivity index (χ2n) is 7.12. The number of aliphatic imine (C=N–C) groups is 1. The molecule has 1 aromatic rings. The second-order valence-corrected chi connectivity index (χ2v) is 7.12. The van der Waals surface area contributed by atoms with Gasteiger partial charge >= 0.3 is 0 Å². The lowest BCUT2D eigenvalue weighted by Crippen LogP contribution is -2.27. The van der Waals surface area contributed by atoms with E-state index in [1.165, 1.54) is 49.9 Å². The molecule has 28 heavy (non-hydrogen) atoms. The molecule has 2 rings (SSSR count). The minimum atomic E-state index is 0.623. The summed E-state index contributed by atoms with van der Waals surface area (Å²) in [6, 6.07) is 9.05. The summed E-state index contributed by atoms with van der Waals surface area (Å²) in [5.41, 5.74) is 2.80. The van der Waals surface area contributed by atoms with E-state index in [0.29, 0.717) is 19.5 Å². The zero-order valence-electron chi connectivity index (χ0n) is 16.8. The van der Waals surface area contributed by atoms with E-state index in [1.807, 2.05) is 30.6 Å². The molecule has 0 saturated carbocycles. The molecular formula is C23H34N4O. The summed E-state index contributed by atoms with van der Waals surface area (Å²) in [6.45, 7) is 4.52. The number of hydrogen-bond acceptors (Lipinski definition) is 4. The van der Waals surface area contributed by atoms with Crippen LogP contribution in [0.2, 0.25) is 0 Å². The van der Waals surface area contributed by atoms with Crippen LogP contribution in [0.4, 0.5) is 0 Å². The molecule has 1 amide bonds. The zero-order valence-corrected chi connectivity index (χ0v) is 16.8. The maximum atomic E-state index is 10.1. The van der Waals surface area contributed by atoms with Crippen LogP contribution in [0.5, 0.6) is 0 Å². The molecule has 0 unspecified atom stereocenters. The van der Waals surface area contributed by atoms with Crippen molar-refractivity contribution >= 4 is 12.6 Å². The maximum absolute atomic E-state index is 10.1. The van der Waals surface area contributed by atoms with E-state index >= 15 is 0 Å². The summed E-state index contributed by atoms with van der Waals surface area (Å²) in [4.78, 5) is 14.5. The lowest BCUT2D eigenvalue weighted by atomic mass is 9.91. The van der Waals surface area contributed by atoms with Gasteiger partial charge in [-0.1, -0.05) is 30.3 Å². The van der Waals surface area contributed by atoms with E-state index in [1.54, 1.807) is 0 Å². The topological polar surface area (TPSA) is 65.5 Å². The normalized spacial score (nSPS) is 15.6. The van der Waals surface area contributed by atoms with Gasteiger partial charge < -0.3 is 16.0 Å². The van der Waals surface area contributed by atoms with Crippen molar-refractivity contribution in [2.45, 2.75) is 32.1 Å². The van der Waals surface area contributed by atoms with Crippen LogP contribution < -0.4 is 16.0 Å². The fourth-order valence-corrected chi connectivity index (χ4v) is 3.27. The van der Waals surface area contributed by atoms with Crippen LogP contribution in [0, 0.1) is 5.92 Å². The number of nitrogens with zero attached hydrogens (tertiary/aromatic N) is 1. The first kappa shape index (κ1) is 21.9. The molecule has 5 heteroatoms. The summed E-state index contributed by atoms with van der Waals surface area (Å²) in [7, 11) is 0. The molecule has 1 aliphatic rings. The Bertz CT molecular complexity index is 616. The molecule has 1 fully saturated rings. The lowest BCUT2D eigenvalue weighted by molar-refractivity contribution is -0.109. The number of allylic oxidation sites excluding steroid dienone is 3. The van der Waals surface area contributed by atoms with Gasteiger partial charge in [-0.15, -0.1) is 0 Å². The smallest absolute Gasteiger partial charge is 0.207 e. The van der Waals surface area contributed by atoms with E-state index in [9.17, 15) is 4.79 Å². The highest BCUT2D eigenvalue weighted by molar-refractivity contribution is 5.71. The van der Waals surface area contributed by atoms with Gasteiger partial charge in [0.1, 0.15) is 0 Å². The number of aryl methyl sites for hydroxylation is 1.